The van der Waals surface area contributed by atoms with E-state index in [1.165, 1.54) is 18.2 Å². The van der Waals surface area contributed by atoms with Gasteiger partial charge in [-0.3, -0.25) is 9.78 Å². The minimum atomic E-state index is -0.604. The van der Waals surface area contributed by atoms with Gasteiger partial charge in [0.15, 0.2) is 5.58 Å². The molecule has 20 heavy (non-hydrogen) atoms. The molecule has 0 fully saturated rings. The van der Waals surface area contributed by atoms with Crippen molar-refractivity contribution in [2.24, 2.45) is 0 Å². The topological polar surface area (TPSA) is 75.1 Å². The lowest BCUT2D eigenvalue weighted by molar-refractivity contribution is 0.102. The summed E-state index contributed by atoms with van der Waals surface area (Å²) in [5, 5.41) is 2.61. The van der Waals surface area contributed by atoms with Gasteiger partial charge in [-0.15, -0.1) is 0 Å². The second-order valence-corrected chi connectivity index (χ2v) is 4.16. The summed E-state index contributed by atoms with van der Waals surface area (Å²) < 4.78 is 18.0. The first-order valence-electron chi connectivity index (χ1n) is 5.82. The standard InChI is InChI=1S/C14H9FN2O3/c15-9-4-1-3-8(7-9)13(18)16-10-5-2-6-11-12(10)17-14(19)20-11/h1-7H,(H,16,18)(H,17,19). The minimum absolute atomic E-state index is 0.188. The largest absolute Gasteiger partial charge is 0.417 e. The van der Waals surface area contributed by atoms with E-state index in [1.54, 1.807) is 18.2 Å². The third kappa shape index (κ3) is 2.18. The Balaban J connectivity index is 1.97. The van der Waals surface area contributed by atoms with Crippen LogP contribution < -0.4 is 11.1 Å². The number of anilines is 1. The van der Waals surface area contributed by atoms with E-state index in [0.29, 0.717) is 16.8 Å². The number of nitrogens with one attached hydrogen (secondary N) is 2. The van der Waals surface area contributed by atoms with E-state index in [0.717, 1.165) is 6.07 Å². The fraction of sp³-hybridized carbons (Fsp3) is 0. The number of amides is 1. The molecule has 0 bridgehead atoms. The minimum Gasteiger partial charge on any atom is -0.408 e. The quantitative estimate of drug-likeness (QED) is 0.752. The van der Waals surface area contributed by atoms with Gasteiger partial charge >= 0.3 is 5.76 Å². The molecule has 0 spiro atoms. The van der Waals surface area contributed by atoms with Crippen LogP contribution in [0.4, 0.5) is 10.1 Å². The number of oxazole rings is 1. The van der Waals surface area contributed by atoms with Gasteiger partial charge < -0.3 is 9.73 Å². The molecule has 6 heteroatoms. The van der Waals surface area contributed by atoms with E-state index in [4.69, 9.17) is 4.42 Å². The number of benzene rings is 2. The average Bonchev–Trinajstić information content (AvgIpc) is 2.80. The molecule has 0 aliphatic carbocycles. The molecule has 1 aromatic heterocycles. The molecular formula is C14H9FN2O3. The van der Waals surface area contributed by atoms with Gasteiger partial charge in [0, 0.05) is 5.56 Å². The van der Waals surface area contributed by atoms with Crippen LogP contribution in [0.1, 0.15) is 10.4 Å². The van der Waals surface area contributed by atoms with Gasteiger partial charge in [-0.25, -0.2) is 9.18 Å². The zero-order chi connectivity index (χ0) is 14.1. The SMILES string of the molecule is O=C(Nc1cccc2oc(=O)[nH]c12)c1cccc(F)c1. The lowest BCUT2D eigenvalue weighted by atomic mass is 10.2. The van der Waals surface area contributed by atoms with Crippen molar-refractivity contribution in [3.8, 4) is 0 Å². The number of aromatic nitrogens is 1. The van der Waals surface area contributed by atoms with Crippen LogP contribution in [-0.2, 0) is 0 Å². The molecule has 0 atom stereocenters. The Hall–Kier alpha value is -2.89. The van der Waals surface area contributed by atoms with Crippen molar-refractivity contribution in [3.05, 3.63) is 64.4 Å². The summed E-state index contributed by atoms with van der Waals surface area (Å²) in [5.41, 5.74) is 1.31. The predicted octanol–water partition coefficient (Wildman–Crippen LogP) is 2.51. The van der Waals surface area contributed by atoms with Crippen LogP contribution in [0.15, 0.2) is 51.7 Å². The van der Waals surface area contributed by atoms with E-state index >= 15 is 0 Å². The van der Waals surface area contributed by atoms with Crippen LogP contribution >= 0.6 is 0 Å². The number of rotatable bonds is 2. The highest BCUT2D eigenvalue weighted by Gasteiger charge is 2.11. The highest BCUT2D eigenvalue weighted by Crippen LogP contribution is 2.20. The summed E-state index contributed by atoms with van der Waals surface area (Å²) in [6, 6.07) is 10.2. The summed E-state index contributed by atoms with van der Waals surface area (Å²) in [7, 11) is 0. The Morgan fingerprint density at radius 1 is 1.20 bits per heavy atom. The Morgan fingerprint density at radius 2 is 2.00 bits per heavy atom. The van der Waals surface area contributed by atoms with Gasteiger partial charge in [0.05, 0.1) is 5.69 Å². The Bertz CT molecular complexity index is 851. The molecule has 1 amide bonds. The van der Waals surface area contributed by atoms with Crippen molar-refractivity contribution in [1.82, 2.24) is 4.98 Å². The van der Waals surface area contributed by atoms with Gasteiger partial charge in [-0.05, 0) is 30.3 Å². The van der Waals surface area contributed by atoms with Crippen molar-refractivity contribution < 1.29 is 13.6 Å². The molecule has 0 saturated carbocycles. The van der Waals surface area contributed by atoms with Crippen molar-refractivity contribution in [1.29, 1.82) is 0 Å². The van der Waals surface area contributed by atoms with Gasteiger partial charge in [-0.2, -0.15) is 0 Å². The first-order valence-corrected chi connectivity index (χ1v) is 5.82. The summed E-state index contributed by atoms with van der Waals surface area (Å²) >= 11 is 0. The van der Waals surface area contributed by atoms with Gasteiger partial charge in [-0.1, -0.05) is 12.1 Å². The molecule has 2 aromatic carbocycles. The number of para-hydroxylation sites is 1. The summed E-state index contributed by atoms with van der Waals surface area (Å²) in [5.74, 6) is -1.57. The molecule has 0 aliphatic heterocycles. The van der Waals surface area contributed by atoms with Crippen molar-refractivity contribution >= 4 is 22.7 Å². The number of carbonyl (C=O) groups is 1. The second kappa shape index (κ2) is 4.65. The molecule has 5 nitrogen and oxygen atoms in total. The van der Waals surface area contributed by atoms with Crippen LogP contribution in [0.25, 0.3) is 11.1 Å². The molecule has 3 rings (SSSR count). The zero-order valence-corrected chi connectivity index (χ0v) is 10.1. The zero-order valence-electron chi connectivity index (χ0n) is 10.1. The molecule has 0 aliphatic rings. The number of halogens is 1. The molecule has 0 unspecified atom stereocenters. The number of hydrogen-bond acceptors (Lipinski definition) is 3. The summed E-state index contributed by atoms with van der Waals surface area (Å²) in [4.78, 5) is 25.7. The Labute approximate surface area is 112 Å². The maximum atomic E-state index is 13.1. The van der Waals surface area contributed by atoms with Crippen molar-refractivity contribution in [2.75, 3.05) is 5.32 Å². The predicted molar refractivity (Wildman–Crippen MR) is 71.2 cm³/mol. The monoisotopic (exact) mass is 272 g/mol. The number of fused-ring (bicyclic) bond motifs is 1. The van der Waals surface area contributed by atoms with E-state index in [9.17, 15) is 14.0 Å². The third-order valence-corrected chi connectivity index (χ3v) is 2.79. The number of H-pyrrole nitrogens is 1. The lowest BCUT2D eigenvalue weighted by Gasteiger charge is -2.05. The third-order valence-electron chi connectivity index (χ3n) is 2.79. The van der Waals surface area contributed by atoms with Gasteiger partial charge in [0.2, 0.25) is 0 Å². The fourth-order valence-corrected chi connectivity index (χ4v) is 1.90. The summed E-state index contributed by atoms with van der Waals surface area (Å²) in [6.07, 6.45) is 0. The lowest BCUT2D eigenvalue weighted by Crippen LogP contribution is -2.12. The first-order chi connectivity index (χ1) is 9.63. The average molecular weight is 272 g/mol. The van der Waals surface area contributed by atoms with E-state index < -0.39 is 17.5 Å². The Kier molecular flexibility index (Phi) is 2.83. The normalized spacial score (nSPS) is 10.7. The fourth-order valence-electron chi connectivity index (χ4n) is 1.90. The van der Waals surface area contributed by atoms with Crippen molar-refractivity contribution in [3.63, 3.8) is 0 Å². The maximum absolute atomic E-state index is 13.1. The second-order valence-electron chi connectivity index (χ2n) is 4.16. The van der Waals surface area contributed by atoms with Gasteiger partial charge in [0.1, 0.15) is 11.3 Å². The highest BCUT2D eigenvalue weighted by molar-refractivity contribution is 6.07. The number of aromatic amines is 1. The first kappa shape index (κ1) is 12.2. The Morgan fingerprint density at radius 3 is 2.80 bits per heavy atom. The van der Waals surface area contributed by atoms with Crippen LogP contribution in [-0.4, -0.2) is 10.9 Å². The molecule has 1 heterocycles. The number of hydrogen-bond donors (Lipinski definition) is 2. The molecule has 2 N–H and O–H groups in total. The van der Waals surface area contributed by atoms with Crippen LogP contribution in [0, 0.1) is 5.82 Å². The summed E-state index contributed by atoms with van der Waals surface area (Å²) in [6.45, 7) is 0. The molecule has 3 aromatic rings. The maximum Gasteiger partial charge on any atom is 0.417 e. The smallest absolute Gasteiger partial charge is 0.408 e. The van der Waals surface area contributed by atoms with Crippen LogP contribution in [0.3, 0.4) is 0 Å². The highest BCUT2D eigenvalue weighted by atomic mass is 19.1. The molecule has 0 radical (unpaired) electrons. The molecule has 100 valence electrons. The van der Waals surface area contributed by atoms with E-state index in [-0.39, 0.29) is 5.56 Å². The van der Waals surface area contributed by atoms with Crippen LogP contribution in [0.2, 0.25) is 0 Å². The van der Waals surface area contributed by atoms with E-state index in [2.05, 4.69) is 10.3 Å². The molecule has 0 saturated heterocycles. The van der Waals surface area contributed by atoms with Gasteiger partial charge in [0.25, 0.3) is 5.91 Å². The van der Waals surface area contributed by atoms with Crippen molar-refractivity contribution in [2.45, 2.75) is 0 Å². The number of carbonyl (C=O) groups excluding carboxylic acids is 1. The van der Waals surface area contributed by atoms with Crippen LogP contribution in [0.5, 0.6) is 0 Å². The van der Waals surface area contributed by atoms with E-state index in [1.807, 2.05) is 0 Å². The molecular weight excluding hydrogens is 263 g/mol.